The van der Waals surface area contributed by atoms with Crippen molar-refractivity contribution in [1.29, 1.82) is 0 Å². The first-order valence-electron chi connectivity index (χ1n) is 6.47. The van der Waals surface area contributed by atoms with Crippen molar-refractivity contribution in [3.63, 3.8) is 0 Å². The molecule has 110 valence electrons. The number of rotatable bonds is 3. The molecule has 22 heavy (non-hydrogen) atoms. The van der Waals surface area contributed by atoms with E-state index in [1.165, 1.54) is 23.1 Å². The number of hydrogen-bond donors (Lipinski definition) is 1. The van der Waals surface area contributed by atoms with Crippen LogP contribution in [0.25, 0.3) is 17.3 Å². The number of nitrogens with zero attached hydrogens (tertiary/aromatic N) is 3. The van der Waals surface area contributed by atoms with Gasteiger partial charge in [0.1, 0.15) is 17.6 Å². The van der Waals surface area contributed by atoms with Crippen molar-refractivity contribution >= 4 is 5.91 Å². The average molecular weight is 296 g/mol. The van der Waals surface area contributed by atoms with Crippen molar-refractivity contribution in [2.45, 2.75) is 6.92 Å². The second-order valence-electron chi connectivity index (χ2n) is 4.59. The fourth-order valence-corrected chi connectivity index (χ4v) is 2.22. The Balaban J connectivity index is 2.38. The zero-order chi connectivity index (χ0) is 15.7. The molecule has 0 unspecified atom stereocenters. The van der Waals surface area contributed by atoms with Crippen LogP contribution < -0.4 is 11.3 Å². The maximum atomic E-state index is 12.5. The molecule has 7 nitrogen and oxygen atoms in total. The summed E-state index contributed by atoms with van der Waals surface area (Å²) < 4.78 is 6.59. The van der Waals surface area contributed by atoms with Crippen molar-refractivity contribution < 1.29 is 9.21 Å². The third-order valence-corrected chi connectivity index (χ3v) is 3.25. The van der Waals surface area contributed by atoms with Crippen molar-refractivity contribution in [1.82, 2.24) is 14.5 Å². The molecular formula is C15H12N4O3. The first-order chi connectivity index (χ1) is 10.6. The zero-order valence-corrected chi connectivity index (χ0v) is 11.7. The molecule has 0 saturated carbocycles. The van der Waals surface area contributed by atoms with E-state index in [9.17, 15) is 9.59 Å². The summed E-state index contributed by atoms with van der Waals surface area (Å²) in [6, 6.07) is 6.54. The van der Waals surface area contributed by atoms with Gasteiger partial charge in [0.25, 0.3) is 11.5 Å². The fourth-order valence-electron chi connectivity index (χ4n) is 2.22. The number of hydrogen-bond acceptors (Lipinski definition) is 5. The lowest BCUT2D eigenvalue weighted by atomic mass is 10.1. The standard InChI is InChI=1S/C15H12N4O3/c1-9-10(14-18-6-7-22-14)8-11(13(16)20)15(21)19(9)12-4-2-3-5-17-12/h2-8H,1H3,(H2,16,20). The van der Waals surface area contributed by atoms with Crippen LogP contribution in [0.5, 0.6) is 0 Å². The molecule has 3 aromatic rings. The molecule has 0 aliphatic rings. The Hall–Kier alpha value is -3.22. The highest BCUT2D eigenvalue weighted by atomic mass is 16.3. The van der Waals surface area contributed by atoms with Gasteiger partial charge in [0.05, 0.1) is 11.8 Å². The molecule has 0 radical (unpaired) electrons. The number of carbonyl (C=O) groups excluding carboxylic acids is 1. The smallest absolute Gasteiger partial charge is 0.269 e. The topological polar surface area (TPSA) is 104 Å². The zero-order valence-electron chi connectivity index (χ0n) is 11.7. The number of aromatic nitrogens is 3. The number of carbonyl (C=O) groups is 1. The van der Waals surface area contributed by atoms with E-state index in [1.54, 1.807) is 31.3 Å². The van der Waals surface area contributed by atoms with Gasteiger partial charge in [-0.15, -0.1) is 0 Å². The average Bonchev–Trinajstić information content (AvgIpc) is 3.02. The van der Waals surface area contributed by atoms with Crippen molar-refractivity contribution in [3.05, 3.63) is 64.5 Å². The lowest BCUT2D eigenvalue weighted by molar-refractivity contribution is 0.0998. The Morgan fingerprint density at radius 2 is 2.09 bits per heavy atom. The molecule has 3 aromatic heterocycles. The van der Waals surface area contributed by atoms with Gasteiger partial charge in [0.2, 0.25) is 5.89 Å². The number of amides is 1. The number of nitrogens with two attached hydrogens (primary N) is 1. The van der Waals surface area contributed by atoms with Crippen LogP contribution in [-0.4, -0.2) is 20.4 Å². The number of oxazole rings is 1. The monoisotopic (exact) mass is 296 g/mol. The Morgan fingerprint density at radius 1 is 1.27 bits per heavy atom. The van der Waals surface area contributed by atoms with Crippen LogP contribution in [0.3, 0.4) is 0 Å². The molecule has 7 heteroatoms. The summed E-state index contributed by atoms with van der Waals surface area (Å²) in [7, 11) is 0. The van der Waals surface area contributed by atoms with Crippen LogP contribution in [0.2, 0.25) is 0 Å². The fraction of sp³-hybridized carbons (Fsp3) is 0.0667. The molecule has 1 amide bonds. The van der Waals surface area contributed by atoms with Crippen LogP contribution in [0, 0.1) is 6.92 Å². The summed E-state index contributed by atoms with van der Waals surface area (Å²) in [4.78, 5) is 32.3. The third-order valence-electron chi connectivity index (χ3n) is 3.25. The van der Waals surface area contributed by atoms with Crippen molar-refractivity contribution in [3.8, 4) is 17.3 Å². The number of pyridine rings is 2. The van der Waals surface area contributed by atoms with Gasteiger partial charge in [-0.25, -0.2) is 9.97 Å². The van der Waals surface area contributed by atoms with Gasteiger partial charge < -0.3 is 10.2 Å². The van der Waals surface area contributed by atoms with Crippen LogP contribution in [0.1, 0.15) is 16.1 Å². The Kier molecular flexibility index (Phi) is 3.30. The van der Waals surface area contributed by atoms with Crippen LogP contribution >= 0.6 is 0 Å². The van der Waals surface area contributed by atoms with Gasteiger partial charge in [0, 0.05) is 11.9 Å². The minimum absolute atomic E-state index is 0.149. The van der Waals surface area contributed by atoms with Crippen LogP contribution in [0.15, 0.2) is 52.1 Å². The highest BCUT2D eigenvalue weighted by Crippen LogP contribution is 2.22. The van der Waals surface area contributed by atoms with E-state index in [0.717, 1.165) is 0 Å². The highest BCUT2D eigenvalue weighted by molar-refractivity contribution is 5.93. The van der Waals surface area contributed by atoms with E-state index < -0.39 is 11.5 Å². The second kappa shape index (κ2) is 5.28. The first-order valence-corrected chi connectivity index (χ1v) is 6.47. The van der Waals surface area contributed by atoms with Gasteiger partial charge in [-0.2, -0.15) is 0 Å². The molecule has 0 atom stereocenters. The quantitative estimate of drug-likeness (QED) is 0.784. The molecule has 3 rings (SSSR count). The van der Waals surface area contributed by atoms with E-state index in [0.29, 0.717) is 23.0 Å². The normalized spacial score (nSPS) is 10.6. The predicted octanol–water partition coefficient (Wildman–Crippen LogP) is 1.29. The summed E-state index contributed by atoms with van der Waals surface area (Å²) in [5, 5.41) is 0. The Labute approximate surface area is 125 Å². The molecule has 0 aliphatic carbocycles. The van der Waals surface area contributed by atoms with Gasteiger partial charge in [-0.1, -0.05) is 6.07 Å². The summed E-state index contributed by atoms with van der Waals surface area (Å²) in [6.07, 6.45) is 4.45. The predicted molar refractivity (Wildman–Crippen MR) is 78.6 cm³/mol. The Morgan fingerprint density at radius 3 is 2.68 bits per heavy atom. The molecule has 0 aromatic carbocycles. The lowest BCUT2D eigenvalue weighted by Crippen LogP contribution is -2.30. The van der Waals surface area contributed by atoms with Crippen molar-refractivity contribution in [2.75, 3.05) is 0 Å². The number of primary amides is 1. The molecule has 0 spiro atoms. The summed E-state index contributed by atoms with van der Waals surface area (Å²) in [5.74, 6) is -0.131. The second-order valence-corrected chi connectivity index (χ2v) is 4.59. The first kappa shape index (κ1) is 13.7. The molecule has 0 saturated heterocycles. The minimum atomic E-state index is -0.817. The SMILES string of the molecule is Cc1c(-c2ncco2)cc(C(N)=O)c(=O)n1-c1ccccn1. The lowest BCUT2D eigenvalue weighted by Gasteiger charge is -2.13. The summed E-state index contributed by atoms with van der Waals surface area (Å²) in [5.41, 5.74) is 5.69. The summed E-state index contributed by atoms with van der Waals surface area (Å²) >= 11 is 0. The molecule has 2 N–H and O–H groups in total. The summed E-state index contributed by atoms with van der Waals surface area (Å²) in [6.45, 7) is 1.72. The molecule has 0 fully saturated rings. The minimum Gasteiger partial charge on any atom is -0.444 e. The van der Waals surface area contributed by atoms with Crippen LogP contribution in [-0.2, 0) is 0 Å². The molecular weight excluding hydrogens is 284 g/mol. The highest BCUT2D eigenvalue weighted by Gasteiger charge is 2.19. The molecule has 0 aliphatic heterocycles. The Bertz CT molecular complexity index is 883. The largest absolute Gasteiger partial charge is 0.444 e. The van der Waals surface area contributed by atoms with Crippen LogP contribution in [0.4, 0.5) is 0 Å². The molecule has 0 bridgehead atoms. The van der Waals surface area contributed by atoms with E-state index in [-0.39, 0.29) is 5.56 Å². The molecule has 3 heterocycles. The van der Waals surface area contributed by atoms with E-state index >= 15 is 0 Å². The van der Waals surface area contributed by atoms with E-state index in [2.05, 4.69) is 9.97 Å². The van der Waals surface area contributed by atoms with Gasteiger partial charge in [-0.05, 0) is 25.1 Å². The van der Waals surface area contributed by atoms with Gasteiger partial charge in [-0.3, -0.25) is 14.2 Å². The third kappa shape index (κ3) is 2.18. The van der Waals surface area contributed by atoms with E-state index in [1.807, 2.05) is 0 Å². The van der Waals surface area contributed by atoms with E-state index in [4.69, 9.17) is 10.2 Å². The van der Waals surface area contributed by atoms with Crippen molar-refractivity contribution in [2.24, 2.45) is 5.73 Å². The maximum absolute atomic E-state index is 12.5. The van der Waals surface area contributed by atoms with Gasteiger partial charge >= 0.3 is 0 Å². The maximum Gasteiger partial charge on any atom is 0.269 e. The van der Waals surface area contributed by atoms with Gasteiger partial charge in [0.15, 0.2) is 0 Å².